The smallest absolute Gasteiger partial charge is 0.276 e. The zero-order valence-electron chi connectivity index (χ0n) is 6.98. The lowest BCUT2D eigenvalue weighted by molar-refractivity contribution is -0.0122. The molecule has 3 N–H and O–H groups in total. The van der Waals surface area contributed by atoms with Gasteiger partial charge in [0.25, 0.3) is 5.92 Å². The van der Waals surface area contributed by atoms with Crippen molar-refractivity contribution < 1.29 is 8.78 Å². The standard InChI is InChI=1S/C9H10F2N2/c10-9(11)3-4-13-8-2-1-6(12)5-7(8)9/h1-2,5,13H,3-4,12H2. The third-order valence-electron chi connectivity index (χ3n) is 2.19. The van der Waals surface area contributed by atoms with Crippen molar-refractivity contribution in [2.45, 2.75) is 12.3 Å². The van der Waals surface area contributed by atoms with E-state index in [1.54, 1.807) is 12.1 Å². The Hall–Kier alpha value is -1.32. The Bertz CT molecular complexity index is 336. The summed E-state index contributed by atoms with van der Waals surface area (Å²) in [6, 6.07) is 4.55. The Morgan fingerprint density at radius 1 is 1.38 bits per heavy atom. The number of nitrogen functional groups attached to an aromatic ring is 1. The molecule has 0 unspecified atom stereocenters. The van der Waals surface area contributed by atoms with Crippen molar-refractivity contribution in [2.75, 3.05) is 17.6 Å². The molecule has 0 atom stereocenters. The molecular weight excluding hydrogens is 174 g/mol. The van der Waals surface area contributed by atoms with Crippen LogP contribution in [0.1, 0.15) is 12.0 Å². The van der Waals surface area contributed by atoms with E-state index in [-0.39, 0.29) is 12.0 Å². The van der Waals surface area contributed by atoms with Crippen LogP contribution >= 0.6 is 0 Å². The van der Waals surface area contributed by atoms with E-state index >= 15 is 0 Å². The number of halogens is 2. The molecule has 2 nitrogen and oxygen atoms in total. The number of nitrogens with one attached hydrogen (secondary N) is 1. The van der Waals surface area contributed by atoms with Gasteiger partial charge in [-0.05, 0) is 18.2 Å². The summed E-state index contributed by atoms with van der Waals surface area (Å²) in [6.07, 6.45) is -0.163. The molecule has 0 amide bonds. The van der Waals surface area contributed by atoms with Crippen LogP contribution in [0.5, 0.6) is 0 Å². The molecule has 0 radical (unpaired) electrons. The van der Waals surface area contributed by atoms with Crippen LogP contribution in [0.4, 0.5) is 20.2 Å². The molecule has 0 saturated heterocycles. The lowest BCUT2D eigenvalue weighted by Gasteiger charge is -2.26. The van der Waals surface area contributed by atoms with Gasteiger partial charge in [-0.15, -0.1) is 0 Å². The Kier molecular flexibility index (Phi) is 1.65. The highest BCUT2D eigenvalue weighted by molar-refractivity contribution is 5.61. The maximum Gasteiger partial charge on any atom is 0.276 e. The number of fused-ring (bicyclic) bond motifs is 1. The largest absolute Gasteiger partial charge is 0.399 e. The van der Waals surface area contributed by atoms with Gasteiger partial charge in [0.05, 0.1) is 0 Å². The summed E-state index contributed by atoms with van der Waals surface area (Å²) in [5, 5.41) is 2.91. The quantitative estimate of drug-likeness (QED) is 0.606. The summed E-state index contributed by atoms with van der Waals surface area (Å²) in [5.74, 6) is -2.74. The Balaban J connectivity index is 2.55. The normalized spacial score (nSPS) is 18.9. The molecule has 1 heterocycles. The number of hydrogen-bond donors (Lipinski definition) is 2. The maximum atomic E-state index is 13.3. The third kappa shape index (κ3) is 1.32. The second-order valence-electron chi connectivity index (χ2n) is 3.19. The van der Waals surface area contributed by atoms with Crippen molar-refractivity contribution in [3.8, 4) is 0 Å². The van der Waals surface area contributed by atoms with Gasteiger partial charge in [0, 0.05) is 29.9 Å². The maximum absolute atomic E-state index is 13.3. The fourth-order valence-corrected chi connectivity index (χ4v) is 1.51. The minimum absolute atomic E-state index is 0.0127. The fourth-order valence-electron chi connectivity index (χ4n) is 1.51. The van der Waals surface area contributed by atoms with Crippen LogP contribution < -0.4 is 11.1 Å². The van der Waals surface area contributed by atoms with Crippen LogP contribution in [-0.4, -0.2) is 6.54 Å². The molecule has 0 bridgehead atoms. The first kappa shape index (κ1) is 8.29. The minimum atomic E-state index is -2.74. The third-order valence-corrected chi connectivity index (χ3v) is 2.19. The van der Waals surface area contributed by atoms with E-state index in [1.807, 2.05) is 0 Å². The van der Waals surface area contributed by atoms with Crippen LogP contribution in [0.3, 0.4) is 0 Å². The van der Waals surface area contributed by atoms with Crippen molar-refractivity contribution in [2.24, 2.45) is 0 Å². The molecule has 1 aromatic carbocycles. The molecule has 4 heteroatoms. The van der Waals surface area contributed by atoms with E-state index in [2.05, 4.69) is 5.32 Å². The van der Waals surface area contributed by atoms with E-state index in [0.29, 0.717) is 17.9 Å². The van der Waals surface area contributed by atoms with Crippen LogP contribution in [-0.2, 0) is 5.92 Å². The summed E-state index contributed by atoms with van der Waals surface area (Å²) in [4.78, 5) is 0. The van der Waals surface area contributed by atoms with Crippen molar-refractivity contribution >= 4 is 11.4 Å². The van der Waals surface area contributed by atoms with Gasteiger partial charge < -0.3 is 11.1 Å². The number of alkyl halides is 2. The molecule has 1 aliphatic rings. The van der Waals surface area contributed by atoms with Gasteiger partial charge >= 0.3 is 0 Å². The van der Waals surface area contributed by atoms with E-state index in [0.717, 1.165) is 0 Å². The van der Waals surface area contributed by atoms with Crippen LogP contribution in [0.25, 0.3) is 0 Å². The van der Waals surface area contributed by atoms with Gasteiger partial charge in [-0.1, -0.05) is 0 Å². The SMILES string of the molecule is Nc1ccc2c(c1)C(F)(F)CCN2. The first-order chi connectivity index (χ1) is 6.09. The lowest BCUT2D eigenvalue weighted by Crippen LogP contribution is -2.25. The van der Waals surface area contributed by atoms with Crippen LogP contribution in [0, 0.1) is 0 Å². The number of nitrogens with two attached hydrogens (primary N) is 1. The molecule has 0 aliphatic carbocycles. The first-order valence-electron chi connectivity index (χ1n) is 4.11. The van der Waals surface area contributed by atoms with Gasteiger partial charge in [0.15, 0.2) is 0 Å². The Morgan fingerprint density at radius 3 is 2.92 bits per heavy atom. The summed E-state index contributed by atoms with van der Waals surface area (Å²) in [5.41, 5.74) is 6.32. The number of hydrogen-bond acceptors (Lipinski definition) is 2. The Labute approximate surface area is 74.7 Å². The summed E-state index contributed by atoms with van der Waals surface area (Å²) < 4.78 is 26.6. The second kappa shape index (κ2) is 2.58. The topological polar surface area (TPSA) is 38.0 Å². The van der Waals surface area contributed by atoms with Gasteiger partial charge in [-0.2, -0.15) is 0 Å². The van der Waals surface area contributed by atoms with E-state index in [9.17, 15) is 8.78 Å². The average Bonchev–Trinajstić information content (AvgIpc) is 2.06. The highest BCUT2D eigenvalue weighted by Crippen LogP contribution is 2.40. The van der Waals surface area contributed by atoms with Crippen molar-refractivity contribution in [3.63, 3.8) is 0 Å². The van der Waals surface area contributed by atoms with Crippen molar-refractivity contribution in [1.82, 2.24) is 0 Å². The van der Waals surface area contributed by atoms with Crippen LogP contribution in [0.15, 0.2) is 18.2 Å². The summed E-state index contributed by atoms with van der Waals surface area (Å²) in [6.45, 7) is 0.309. The van der Waals surface area contributed by atoms with Gasteiger partial charge in [-0.25, -0.2) is 8.78 Å². The molecule has 2 rings (SSSR count). The minimum Gasteiger partial charge on any atom is -0.399 e. The number of rotatable bonds is 0. The molecular formula is C9H10F2N2. The van der Waals surface area contributed by atoms with Gasteiger partial charge in [0.1, 0.15) is 0 Å². The van der Waals surface area contributed by atoms with E-state index in [4.69, 9.17) is 5.73 Å². The molecule has 70 valence electrons. The molecule has 0 saturated carbocycles. The molecule has 13 heavy (non-hydrogen) atoms. The molecule has 0 fully saturated rings. The zero-order valence-corrected chi connectivity index (χ0v) is 6.98. The molecule has 0 spiro atoms. The highest BCUT2D eigenvalue weighted by atomic mass is 19.3. The van der Waals surface area contributed by atoms with Gasteiger partial charge in [-0.3, -0.25) is 0 Å². The molecule has 0 aromatic heterocycles. The van der Waals surface area contributed by atoms with Gasteiger partial charge in [0.2, 0.25) is 0 Å². The summed E-state index contributed by atoms with van der Waals surface area (Å²) in [7, 11) is 0. The van der Waals surface area contributed by atoms with E-state index in [1.165, 1.54) is 6.07 Å². The first-order valence-corrected chi connectivity index (χ1v) is 4.11. The highest BCUT2D eigenvalue weighted by Gasteiger charge is 2.36. The predicted octanol–water partition coefficient (Wildman–Crippen LogP) is 2.18. The molecule has 1 aromatic rings. The van der Waals surface area contributed by atoms with E-state index < -0.39 is 5.92 Å². The predicted molar refractivity (Wildman–Crippen MR) is 47.9 cm³/mol. The summed E-state index contributed by atoms with van der Waals surface area (Å²) >= 11 is 0. The monoisotopic (exact) mass is 184 g/mol. The zero-order chi connectivity index (χ0) is 9.47. The Morgan fingerprint density at radius 2 is 2.15 bits per heavy atom. The average molecular weight is 184 g/mol. The second-order valence-corrected chi connectivity index (χ2v) is 3.19. The number of benzene rings is 1. The lowest BCUT2D eigenvalue weighted by atomic mass is 9.99. The van der Waals surface area contributed by atoms with Crippen molar-refractivity contribution in [1.29, 1.82) is 0 Å². The number of anilines is 2. The van der Waals surface area contributed by atoms with Crippen molar-refractivity contribution in [3.05, 3.63) is 23.8 Å². The fraction of sp³-hybridized carbons (Fsp3) is 0.333. The molecule has 1 aliphatic heterocycles. The van der Waals surface area contributed by atoms with Crippen LogP contribution in [0.2, 0.25) is 0 Å².